The molecule has 19 heteroatoms. The summed E-state index contributed by atoms with van der Waals surface area (Å²) in [5.74, 6) is -0.598. The number of hydrogen-bond donors (Lipinski definition) is 3. The molecule has 0 saturated heterocycles. The lowest BCUT2D eigenvalue weighted by Gasteiger charge is -2.21. The number of phosphoric acid groups is 2. The van der Waals surface area contributed by atoms with E-state index in [0.717, 1.165) is 108 Å². The molecule has 96 heavy (non-hydrogen) atoms. The predicted octanol–water partition coefficient (Wildman–Crippen LogP) is 22.7. The van der Waals surface area contributed by atoms with Crippen LogP contribution in [0.1, 0.15) is 401 Å². The van der Waals surface area contributed by atoms with Crippen LogP contribution in [0.3, 0.4) is 0 Å². The Morgan fingerprint density at radius 1 is 0.302 bits per heavy atom. The van der Waals surface area contributed by atoms with Crippen LogP contribution < -0.4 is 0 Å². The molecule has 0 amide bonds. The number of hydrogen-bond acceptors (Lipinski definition) is 15. The normalized spacial score (nSPS) is 14.3. The van der Waals surface area contributed by atoms with E-state index in [1.165, 1.54) is 212 Å². The van der Waals surface area contributed by atoms with Gasteiger partial charge >= 0.3 is 39.5 Å². The van der Waals surface area contributed by atoms with Crippen LogP contribution >= 0.6 is 15.6 Å². The van der Waals surface area contributed by atoms with Crippen molar-refractivity contribution in [3.8, 4) is 0 Å². The monoisotopic (exact) mass is 1410 g/mol. The number of ether oxygens (including phenoxy) is 4. The fraction of sp³-hybridized carbons (Fsp3) is 0.948. The number of unbranched alkanes of at least 4 members (excludes halogenated alkanes) is 45. The lowest BCUT2D eigenvalue weighted by atomic mass is 10.00. The Morgan fingerprint density at radius 2 is 0.531 bits per heavy atom. The first-order valence-electron chi connectivity index (χ1n) is 40.0. The minimum Gasteiger partial charge on any atom is -0.462 e. The highest BCUT2D eigenvalue weighted by Crippen LogP contribution is 2.45. The summed E-state index contributed by atoms with van der Waals surface area (Å²) < 4.78 is 68.3. The lowest BCUT2D eigenvalue weighted by Crippen LogP contribution is -2.30. The second kappa shape index (κ2) is 68.8. The second-order valence-corrected chi connectivity index (χ2v) is 31.4. The Hall–Kier alpha value is -1.94. The number of rotatable bonds is 76. The van der Waals surface area contributed by atoms with E-state index in [0.29, 0.717) is 25.7 Å². The predicted molar refractivity (Wildman–Crippen MR) is 391 cm³/mol. The molecule has 3 unspecified atom stereocenters. The summed E-state index contributed by atoms with van der Waals surface area (Å²) in [4.78, 5) is 72.5. The molecule has 6 atom stereocenters. The smallest absolute Gasteiger partial charge is 0.462 e. The van der Waals surface area contributed by atoms with Crippen LogP contribution in [0.5, 0.6) is 0 Å². The van der Waals surface area contributed by atoms with E-state index in [1.54, 1.807) is 0 Å². The van der Waals surface area contributed by atoms with Gasteiger partial charge in [-0.1, -0.05) is 350 Å². The number of carbonyl (C=O) groups is 4. The SMILES string of the molecule is CCCCCCCCCCCCCCCCCCCCCCCCC(=O)O[C@H](COC(=O)CCCCCCCCCCCCCCCCCCC(C)C)COP(=O)(O)OC[C@@H](O)COP(=O)(O)OC[C@@H](COC(=O)CCCCCCC)OC(=O)CCCCCCCCC(C)CC. The molecule has 0 aromatic rings. The van der Waals surface area contributed by atoms with Gasteiger partial charge in [0.05, 0.1) is 26.4 Å². The van der Waals surface area contributed by atoms with Gasteiger partial charge in [-0.3, -0.25) is 37.3 Å². The standard InChI is InChI=1S/C77H150O17P2/c1-7-10-12-14-15-16-17-18-19-20-21-22-23-24-25-30-33-36-39-42-49-55-61-76(81)93-73(66-88-75(80)60-54-48-41-38-35-32-29-27-26-28-31-34-37-40-46-51-57-69(4)5)68-92-96(85,86)90-64-71(78)63-89-95(83,84)91-67-72(65-87-74(79)59-53-45-13-11-8-2)94-77(82)62-56-50-44-43-47-52-58-70(6)9-3/h69-73,78H,7-68H2,1-6H3,(H,83,84)(H,85,86)/t70?,71-,72+,73+/m0/s1. The maximum absolute atomic E-state index is 13.1. The average Bonchev–Trinajstić information content (AvgIpc) is 1.31. The van der Waals surface area contributed by atoms with Crippen molar-refractivity contribution in [3.63, 3.8) is 0 Å². The molecule has 0 aliphatic rings. The van der Waals surface area contributed by atoms with E-state index >= 15 is 0 Å². The number of esters is 4. The third-order valence-corrected chi connectivity index (χ3v) is 20.2. The van der Waals surface area contributed by atoms with Crippen molar-refractivity contribution >= 4 is 39.5 Å². The Balaban J connectivity index is 5.10. The minimum absolute atomic E-state index is 0.102. The van der Waals surface area contributed by atoms with Gasteiger partial charge in [0.15, 0.2) is 12.2 Å². The molecule has 570 valence electrons. The first-order chi connectivity index (χ1) is 46.4. The molecule has 0 saturated carbocycles. The highest BCUT2D eigenvalue weighted by molar-refractivity contribution is 7.47. The van der Waals surface area contributed by atoms with Gasteiger partial charge in [-0.15, -0.1) is 0 Å². The Labute approximate surface area is 588 Å². The van der Waals surface area contributed by atoms with E-state index in [2.05, 4.69) is 41.5 Å². The molecule has 0 fully saturated rings. The van der Waals surface area contributed by atoms with Crippen LogP contribution in [0, 0.1) is 11.8 Å². The van der Waals surface area contributed by atoms with Crippen LogP contribution in [0.2, 0.25) is 0 Å². The van der Waals surface area contributed by atoms with Crippen LogP contribution in [0.4, 0.5) is 0 Å². The van der Waals surface area contributed by atoms with Gasteiger partial charge in [-0.2, -0.15) is 0 Å². The second-order valence-electron chi connectivity index (χ2n) is 28.5. The summed E-state index contributed by atoms with van der Waals surface area (Å²) in [5.41, 5.74) is 0. The quantitative estimate of drug-likeness (QED) is 0.0222. The summed E-state index contributed by atoms with van der Waals surface area (Å²) in [7, 11) is -9.90. The molecule has 3 N–H and O–H groups in total. The molecule has 0 rings (SSSR count). The van der Waals surface area contributed by atoms with Crippen LogP contribution in [0.25, 0.3) is 0 Å². The molecule has 0 aliphatic heterocycles. The fourth-order valence-corrected chi connectivity index (χ4v) is 13.4. The van der Waals surface area contributed by atoms with Crippen LogP contribution in [0.15, 0.2) is 0 Å². The van der Waals surface area contributed by atoms with Crippen molar-refractivity contribution in [2.75, 3.05) is 39.6 Å². The molecule has 0 aliphatic carbocycles. The van der Waals surface area contributed by atoms with Crippen molar-refractivity contribution in [2.24, 2.45) is 11.8 Å². The van der Waals surface area contributed by atoms with Gasteiger partial charge in [0.25, 0.3) is 0 Å². The van der Waals surface area contributed by atoms with Crippen molar-refractivity contribution in [3.05, 3.63) is 0 Å². The molecule has 0 radical (unpaired) electrons. The first kappa shape index (κ1) is 94.1. The zero-order chi connectivity index (χ0) is 70.7. The summed E-state index contributed by atoms with van der Waals surface area (Å²) in [6.45, 7) is 9.48. The summed E-state index contributed by atoms with van der Waals surface area (Å²) >= 11 is 0. The molecule has 0 aromatic carbocycles. The zero-order valence-electron chi connectivity index (χ0n) is 62.7. The fourth-order valence-electron chi connectivity index (χ4n) is 11.8. The molecule has 0 aromatic heterocycles. The highest BCUT2D eigenvalue weighted by Gasteiger charge is 2.30. The number of phosphoric ester groups is 2. The van der Waals surface area contributed by atoms with E-state index in [1.807, 2.05) is 0 Å². The van der Waals surface area contributed by atoms with Gasteiger partial charge in [0.2, 0.25) is 0 Å². The number of carbonyl (C=O) groups excluding carboxylic acids is 4. The molecule has 0 spiro atoms. The average molecular weight is 1410 g/mol. The van der Waals surface area contributed by atoms with E-state index in [4.69, 9.17) is 37.0 Å². The van der Waals surface area contributed by atoms with E-state index in [9.17, 15) is 43.2 Å². The van der Waals surface area contributed by atoms with Gasteiger partial charge < -0.3 is 33.8 Å². The van der Waals surface area contributed by atoms with Crippen LogP contribution in [-0.2, 0) is 65.4 Å². The van der Waals surface area contributed by atoms with Crippen LogP contribution in [-0.4, -0.2) is 96.7 Å². The Morgan fingerprint density at radius 3 is 0.792 bits per heavy atom. The molecule has 0 heterocycles. The molecule has 0 bridgehead atoms. The van der Waals surface area contributed by atoms with Crippen molar-refractivity contribution < 1.29 is 80.2 Å². The zero-order valence-corrected chi connectivity index (χ0v) is 64.5. The molecular weight excluding hydrogens is 1260 g/mol. The Bertz CT molecular complexity index is 1860. The third kappa shape index (κ3) is 69.2. The maximum Gasteiger partial charge on any atom is 0.472 e. The van der Waals surface area contributed by atoms with Gasteiger partial charge in [0, 0.05) is 25.7 Å². The van der Waals surface area contributed by atoms with E-state index < -0.39 is 97.5 Å². The Kier molecular flexibility index (Phi) is 67.4. The maximum atomic E-state index is 13.1. The topological polar surface area (TPSA) is 237 Å². The number of aliphatic hydroxyl groups excluding tert-OH is 1. The van der Waals surface area contributed by atoms with Crippen molar-refractivity contribution in [1.82, 2.24) is 0 Å². The first-order valence-corrected chi connectivity index (χ1v) is 43.0. The largest absolute Gasteiger partial charge is 0.472 e. The summed E-state index contributed by atoms with van der Waals surface area (Å²) in [6.07, 6.45) is 57.7. The van der Waals surface area contributed by atoms with Crippen molar-refractivity contribution in [2.45, 2.75) is 419 Å². The van der Waals surface area contributed by atoms with Gasteiger partial charge in [-0.25, -0.2) is 9.13 Å². The molecular formula is C77H150O17P2. The molecule has 17 nitrogen and oxygen atoms in total. The van der Waals surface area contributed by atoms with E-state index in [-0.39, 0.29) is 25.7 Å². The number of aliphatic hydroxyl groups is 1. The lowest BCUT2D eigenvalue weighted by molar-refractivity contribution is -0.161. The van der Waals surface area contributed by atoms with Crippen molar-refractivity contribution in [1.29, 1.82) is 0 Å². The van der Waals surface area contributed by atoms with Gasteiger partial charge in [-0.05, 0) is 37.5 Å². The summed E-state index contributed by atoms with van der Waals surface area (Å²) in [5, 5.41) is 10.6. The van der Waals surface area contributed by atoms with Gasteiger partial charge in [0.1, 0.15) is 19.3 Å². The third-order valence-electron chi connectivity index (χ3n) is 18.3. The highest BCUT2D eigenvalue weighted by atomic mass is 31.2. The minimum atomic E-state index is -4.96. The summed E-state index contributed by atoms with van der Waals surface area (Å²) in [6, 6.07) is 0.